The summed E-state index contributed by atoms with van der Waals surface area (Å²) in [6.45, 7) is 3.14. The van der Waals surface area contributed by atoms with Crippen LogP contribution in [-0.2, 0) is 6.42 Å². The highest BCUT2D eigenvalue weighted by Crippen LogP contribution is 2.43. The summed E-state index contributed by atoms with van der Waals surface area (Å²) >= 11 is 6.12. The fourth-order valence-corrected chi connectivity index (χ4v) is 2.29. The molecular formula is C12H16ClNO3. The molecule has 0 fully saturated rings. The summed E-state index contributed by atoms with van der Waals surface area (Å²) in [5.74, 6) is 1.22. The average molecular weight is 258 g/mol. The van der Waals surface area contributed by atoms with Crippen LogP contribution in [0.15, 0.2) is 6.07 Å². The molecule has 1 aromatic rings. The number of rotatable bonds is 3. The van der Waals surface area contributed by atoms with Gasteiger partial charge in [0.1, 0.15) is 13.2 Å². The molecule has 0 spiro atoms. The van der Waals surface area contributed by atoms with Gasteiger partial charge in [0.2, 0.25) is 0 Å². The lowest BCUT2D eigenvalue weighted by Crippen LogP contribution is -2.20. The predicted octanol–water partition coefficient (Wildman–Crippen LogP) is 1.67. The molecule has 0 amide bonds. The first kappa shape index (κ1) is 12.5. The third kappa shape index (κ3) is 2.20. The van der Waals surface area contributed by atoms with Gasteiger partial charge in [0, 0.05) is 12.1 Å². The van der Waals surface area contributed by atoms with Crippen molar-refractivity contribution >= 4 is 11.6 Å². The summed E-state index contributed by atoms with van der Waals surface area (Å²) in [6, 6.07) is 1.71. The molecule has 1 aromatic carbocycles. The van der Waals surface area contributed by atoms with Crippen molar-refractivity contribution < 1.29 is 14.6 Å². The highest BCUT2D eigenvalue weighted by molar-refractivity contribution is 6.32. The van der Waals surface area contributed by atoms with Crippen molar-refractivity contribution in [3.8, 4) is 11.5 Å². The molecule has 0 aliphatic carbocycles. The lowest BCUT2D eigenvalue weighted by molar-refractivity contribution is 0.164. The van der Waals surface area contributed by atoms with Gasteiger partial charge in [-0.15, -0.1) is 0 Å². The van der Waals surface area contributed by atoms with Crippen LogP contribution in [0.4, 0.5) is 0 Å². The zero-order valence-corrected chi connectivity index (χ0v) is 10.5. The molecule has 0 bridgehead atoms. The van der Waals surface area contributed by atoms with Crippen LogP contribution in [0.2, 0.25) is 5.02 Å². The monoisotopic (exact) mass is 257 g/mol. The minimum atomic E-state index is -0.724. The fourth-order valence-electron chi connectivity index (χ4n) is 2.03. The third-order valence-electron chi connectivity index (χ3n) is 2.84. The Morgan fingerprint density at radius 1 is 1.41 bits per heavy atom. The topological polar surface area (TPSA) is 64.7 Å². The highest BCUT2D eigenvalue weighted by atomic mass is 35.5. The van der Waals surface area contributed by atoms with E-state index in [0.717, 1.165) is 17.5 Å². The van der Waals surface area contributed by atoms with Crippen molar-refractivity contribution in [2.24, 2.45) is 5.73 Å². The Labute approximate surface area is 105 Å². The molecular weight excluding hydrogens is 242 g/mol. The largest absolute Gasteiger partial charge is 0.486 e. The number of hydrogen-bond acceptors (Lipinski definition) is 4. The van der Waals surface area contributed by atoms with Crippen molar-refractivity contribution in [3.05, 3.63) is 22.2 Å². The maximum atomic E-state index is 9.89. The van der Waals surface area contributed by atoms with Crippen molar-refractivity contribution in [3.63, 3.8) is 0 Å². The smallest absolute Gasteiger partial charge is 0.180 e. The quantitative estimate of drug-likeness (QED) is 0.865. The van der Waals surface area contributed by atoms with Gasteiger partial charge in [0.25, 0.3) is 0 Å². The van der Waals surface area contributed by atoms with Crippen molar-refractivity contribution in [2.45, 2.75) is 19.4 Å². The van der Waals surface area contributed by atoms with Crippen molar-refractivity contribution in [1.82, 2.24) is 0 Å². The molecule has 3 N–H and O–H groups in total. The van der Waals surface area contributed by atoms with Crippen LogP contribution < -0.4 is 15.2 Å². The average Bonchev–Trinajstić information content (AvgIpc) is 2.38. The number of benzene rings is 1. The van der Waals surface area contributed by atoms with E-state index < -0.39 is 6.10 Å². The van der Waals surface area contributed by atoms with Gasteiger partial charge >= 0.3 is 0 Å². The number of aliphatic hydroxyl groups excluding tert-OH is 1. The SMILES string of the molecule is CCc1c(C(O)CN)cc(Cl)c2c1OCCO2. The predicted molar refractivity (Wildman–Crippen MR) is 65.8 cm³/mol. The third-order valence-corrected chi connectivity index (χ3v) is 3.12. The molecule has 0 aromatic heterocycles. The minimum absolute atomic E-state index is 0.156. The van der Waals surface area contributed by atoms with Crippen LogP contribution >= 0.6 is 11.6 Å². The van der Waals surface area contributed by atoms with Crippen LogP contribution in [0.25, 0.3) is 0 Å². The standard InChI is InChI=1S/C12H16ClNO3/c1-2-7-8(10(15)6-14)5-9(13)12-11(7)16-3-4-17-12/h5,10,15H,2-4,6,14H2,1H3. The molecule has 1 aliphatic heterocycles. The lowest BCUT2D eigenvalue weighted by Gasteiger charge is -2.25. The van der Waals surface area contributed by atoms with E-state index in [2.05, 4.69) is 0 Å². The van der Waals surface area contributed by atoms with Gasteiger partial charge in [-0.3, -0.25) is 0 Å². The van der Waals surface area contributed by atoms with Crippen molar-refractivity contribution in [2.75, 3.05) is 19.8 Å². The first-order chi connectivity index (χ1) is 8.19. The van der Waals surface area contributed by atoms with E-state index in [-0.39, 0.29) is 6.54 Å². The van der Waals surface area contributed by atoms with Gasteiger partial charge in [-0.1, -0.05) is 18.5 Å². The van der Waals surface area contributed by atoms with Crippen LogP contribution in [0.1, 0.15) is 24.2 Å². The normalized spacial score (nSPS) is 15.8. The van der Waals surface area contributed by atoms with E-state index >= 15 is 0 Å². The van der Waals surface area contributed by atoms with E-state index in [9.17, 15) is 5.11 Å². The maximum Gasteiger partial charge on any atom is 0.180 e. The van der Waals surface area contributed by atoms with E-state index in [4.69, 9.17) is 26.8 Å². The van der Waals surface area contributed by atoms with Gasteiger partial charge in [-0.2, -0.15) is 0 Å². The summed E-state index contributed by atoms with van der Waals surface area (Å²) in [6.07, 6.45) is 0.00759. The van der Waals surface area contributed by atoms with Gasteiger partial charge in [0.15, 0.2) is 11.5 Å². The Hall–Kier alpha value is -0.970. The second kappa shape index (κ2) is 5.12. The molecule has 0 saturated heterocycles. The molecule has 17 heavy (non-hydrogen) atoms. The molecule has 0 saturated carbocycles. The molecule has 0 radical (unpaired) electrons. The Morgan fingerprint density at radius 2 is 2.06 bits per heavy atom. The number of halogens is 1. The van der Waals surface area contributed by atoms with Crippen LogP contribution in [0.5, 0.6) is 11.5 Å². The fraction of sp³-hybridized carbons (Fsp3) is 0.500. The van der Waals surface area contributed by atoms with Crippen LogP contribution in [0, 0.1) is 0 Å². The number of aliphatic hydroxyl groups is 1. The number of nitrogens with two attached hydrogens (primary N) is 1. The van der Waals surface area contributed by atoms with E-state index in [1.54, 1.807) is 6.07 Å². The first-order valence-corrected chi connectivity index (χ1v) is 6.05. The Morgan fingerprint density at radius 3 is 2.65 bits per heavy atom. The minimum Gasteiger partial charge on any atom is -0.486 e. The summed E-state index contributed by atoms with van der Waals surface area (Å²) < 4.78 is 11.1. The van der Waals surface area contributed by atoms with Gasteiger partial charge in [-0.05, 0) is 18.1 Å². The molecule has 1 aliphatic rings. The number of fused-ring (bicyclic) bond motifs is 1. The molecule has 1 heterocycles. The summed E-state index contributed by atoms with van der Waals surface area (Å²) in [7, 11) is 0. The molecule has 1 atom stereocenters. The van der Waals surface area contributed by atoms with E-state index in [1.165, 1.54) is 0 Å². The second-order valence-electron chi connectivity index (χ2n) is 3.89. The highest BCUT2D eigenvalue weighted by Gasteiger charge is 2.24. The zero-order chi connectivity index (χ0) is 12.4. The lowest BCUT2D eigenvalue weighted by atomic mass is 9.98. The van der Waals surface area contributed by atoms with Crippen LogP contribution in [-0.4, -0.2) is 24.9 Å². The van der Waals surface area contributed by atoms with E-state index in [1.807, 2.05) is 6.92 Å². The van der Waals surface area contributed by atoms with Crippen LogP contribution in [0.3, 0.4) is 0 Å². The number of hydrogen-bond donors (Lipinski definition) is 2. The summed E-state index contributed by atoms with van der Waals surface area (Å²) in [5.41, 5.74) is 7.13. The Balaban J connectivity index is 2.57. The summed E-state index contributed by atoms with van der Waals surface area (Å²) in [4.78, 5) is 0. The second-order valence-corrected chi connectivity index (χ2v) is 4.29. The molecule has 5 heteroatoms. The van der Waals surface area contributed by atoms with Gasteiger partial charge < -0.3 is 20.3 Å². The maximum absolute atomic E-state index is 9.89. The Kier molecular flexibility index (Phi) is 3.76. The number of ether oxygens (including phenoxy) is 2. The molecule has 4 nitrogen and oxygen atoms in total. The Bertz CT molecular complexity index is 423. The van der Waals surface area contributed by atoms with Gasteiger partial charge in [0.05, 0.1) is 11.1 Å². The molecule has 94 valence electrons. The molecule has 2 rings (SSSR count). The van der Waals surface area contributed by atoms with Gasteiger partial charge in [-0.25, -0.2) is 0 Å². The summed E-state index contributed by atoms with van der Waals surface area (Å²) in [5, 5.41) is 10.3. The first-order valence-electron chi connectivity index (χ1n) is 5.68. The van der Waals surface area contributed by atoms with Crippen molar-refractivity contribution in [1.29, 1.82) is 0 Å². The van der Waals surface area contributed by atoms with E-state index in [0.29, 0.717) is 29.7 Å². The zero-order valence-electron chi connectivity index (χ0n) is 9.70. The molecule has 1 unspecified atom stereocenters.